The molecule has 4 rings (SSSR count). The molecule has 1 aromatic carbocycles. The van der Waals surface area contributed by atoms with E-state index in [2.05, 4.69) is 20.7 Å². The van der Waals surface area contributed by atoms with E-state index in [9.17, 15) is 4.79 Å². The quantitative estimate of drug-likeness (QED) is 0.656. The number of hydrogen-bond donors (Lipinski definition) is 2. The second-order valence-electron chi connectivity index (χ2n) is 7.22. The number of aryl methyl sites for hydroxylation is 2. The Balaban J connectivity index is 1.65. The first kappa shape index (κ1) is 18.4. The van der Waals surface area contributed by atoms with Gasteiger partial charge in [0.05, 0.1) is 6.61 Å². The maximum absolute atomic E-state index is 12.4. The van der Waals surface area contributed by atoms with Crippen LogP contribution in [-0.2, 0) is 11.3 Å². The van der Waals surface area contributed by atoms with Crippen LogP contribution in [0.2, 0.25) is 0 Å². The molecule has 1 aliphatic carbocycles. The summed E-state index contributed by atoms with van der Waals surface area (Å²) >= 11 is 0. The molecule has 2 N–H and O–H groups in total. The molecule has 1 amide bonds. The molecule has 0 aliphatic heterocycles. The first-order valence-electron chi connectivity index (χ1n) is 9.65. The molecule has 0 radical (unpaired) electrons. The highest BCUT2D eigenvalue weighted by molar-refractivity contribution is 5.96. The summed E-state index contributed by atoms with van der Waals surface area (Å²) in [6, 6.07) is 6.02. The Morgan fingerprint density at radius 2 is 2.14 bits per heavy atom. The lowest BCUT2D eigenvalue weighted by Gasteiger charge is -2.12. The molecule has 1 fully saturated rings. The van der Waals surface area contributed by atoms with Crippen molar-refractivity contribution in [1.29, 1.82) is 0 Å². The number of anilines is 2. The molecule has 0 unspecified atom stereocenters. The molecule has 7 nitrogen and oxygen atoms in total. The zero-order valence-electron chi connectivity index (χ0n) is 16.5. The summed E-state index contributed by atoms with van der Waals surface area (Å²) in [7, 11) is 0. The van der Waals surface area contributed by atoms with Crippen LogP contribution in [-0.4, -0.2) is 33.2 Å². The highest BCUT2D eigenvalue weighted by Gasteiger charge is 2.24. The largest absolute Gasteiger partial charge is 0.377 e. The van der Waals surface area contributed by atoms with Gasteiger partial charge >= 0.3 is 0 Å². The summed E-state index contributed by atoms with van der Waals surface area (Å²) in [5.41, 5.74) is 5.62. The Kier molecular flexibility index (Phi) is 5.00. The van der Waals surface area contributed by atoms with E-state index in [1.54, 1.807) is 0 Å². The Hall–Kier alpha value is -2.93. The average molecular weight is 379 g/mol. The van der Waals surface area contributed by atoms with Gasteiger partial charge in [-0.05, 0) is 56.9 Å². The average Bonchev–Trinajstić information content (AvgIpc) is 3.44. The number of hydrogen-bond acceptors (Lipinski definition) is 5. The molecule has 1 saturated carbocycles. The van der Waals surface area contributed by atoms with Crippen LogP contribution < -0.4 is 10.6 Å². The van der Waals surface area contributed by atoms with Gasteiger partial charge in [0.1, 0.15) is 11.8 Å². The fraction of sp³-hybridized carbons (Fsp3) is 0.381. The number of carbonyl (C=O) groups excluding carboxylic acids is 1. The highest BCUT2D eigenvalue weighted by Crippen LogP contribution is 2.28. The number of amides is 1. The Bertz CT molecular complexity index is 1020. The Morgan fingerprint density at radius 3 is 2.89 bits per heavy atom. The van der Waals surface area contributed by atoms with Crippen molar-refractivity contribution in [1.82, 2.24) is 19.9 Å². The predicted molar refractivity (Wildman–Crippen MR) is 108 cm³/mol. The van der Waals surface area contributed by atoms with E-state index in [-0.39, 0.29) is 5.91 Å². The van der Waals surface area contributed by atoms with E-state index in [4.69, 9.17) is 4.74 Å². The van der Waals surface area contributed by atoms with Gasteiger partial charge in [0.2, 0.25) is 0 Å². The van der Waals surface area contributed by atoms with Crippen LogP contribution in [0.1, 0.15) is 46.8 Å². The zero-order chi connectivity index (χ0) is 19.7. The second-order valence-corrected chi connectivity index (χ2v) is 7.22. The maximum Gasteiger partial charge on any atom is 0.251 e. The molecule has 2 heterocycles. The first-order valence-corrected chi connectivity index (χ1v) is 9.65. The lowest BCUT2D eigenvalue weighted by molar-refractivity contribution is 0.0951. The minimum Gasteiger partial charge on any atom is -0.377 e. The van der Waals surface area contributed by atoms with Gasteiger partial charge in [-0.2, -0.15) is 5.10 Å². The zero-order valence-corrected chi connectivity index (χ0v) is 16.5. The van der Waals surface area contributed by atoms with Crippen molar-refractivity contribution in [3.8, 4) is 0 Å². The van der Waals surface area contributed by atoms with Gasteiger partial charge in [0.25, 0.3) is 5.91 Å². The Morgan fingerprint density at radius 1 is 1.32 bits per heavy atom. The van der Waals surface area contributed by atoms with Crippen LogP contribution in [0.5, 0.6) is 0 Å². The van der Waals surface area contributed by atoms with E-state index in [1.807, 2.05) is 49.7 Å². The van der Waals surface area contributed by atoms with E-state index in [0.717, 1.165) is 40.7 Å². The van der Waals surface area contributed by atoms with Crippen molar-refractivity contribution >= 4 is 22.9 Å². The highest BCUT2D eigenvalue weighted by atomic mass is 16.5. The molecule has 0 atom stereocenters. The van der Waals surface area contributed by atoms with Crippen molar-refractivity contribution in [3.05, 3.63) is 53.0 Å². The molecule has 0 spiro atoms. The standard InChI is InChI=1S/C21H25N5O2/c1-4-28-11-16-10-26-19(14(16)3)20(22-12-23-26)25-18-9-15(6-5-13(18)2)21(27)24-17-7-8-17/h5-6,9-10,12,17H,4,7-8,11H2,1-3H3,(H,24,27)(H,22,23,25). The van der Waals surface area contributed by atoms with Gasteiger partial charge < -0.3 is 15.4 Å². The van der Waals surface area contributed by atoms with Gasteiger partial charge in [-0.15, -0.1) is 0 Å². The molecule has 146 valence electrons. The van der Waals surface area contributed by atoms with E-state index < -0.39 is 0 Å². The number of carbonyl (C=O) groups is 1. The van der Waals surface area contributed by atoms with E-state index >= 15 is 0 Å². The summed E-state index contributed by atoms with van der Waals surface area (Å²) in [5, 5.41) is 10.8. The van der Waals surface area contributed by atoms with Gasteiger partial charge in [-0.1, -0.05) is 6.07 Å². The number of fused-ring (bicyclic) bond motifs is 1. The van der Waals surface area contributed by atoms with Crippen LogP contribution in [0.4, 0.5) is 11.5 Å². The summed E-state index contributed by atoms with van der Waals surface area (Å²) in [6.45, 7) is 7.24. The van der Waals surface area contributed by atoms with Crippen molar-refractivity contribution in [2.24, 2.45) is 0 Å². The molecule has 3 aromatic rings. The van der Waals surface area contributed by atoms with Crippen LogP contribution >= 0.6 is 0 Å². The summed E-state index contributed by atoms with van der Waals surface area (Å²) in [4.78, 5) is 16.8. The van der Waals surface area contributed by atoms with E-state index in [1.165, 1.54) is 6.33 Å². The first-order chi connectivity index (χ1) is 13.6. The molecule has 2 aromatic heterocycles. The molecular weight excluding hydrogens is 354 g/mol. The van der Waals surface area contributed by atoms with Crippen LogP contribution in [0, 0.1) is 13.8 Å². The van der Waals surface area contributed by atoms with Crippen molar-refractivity contribution in [2.75, 3.05) is 11.9 Å². The third-order valence-electron chi connectivity index (χ3n) is 5.06. The summed E-state index contributed by atoms with van der Waals surface area (Å²) < 4.78 is 7.38. The number of aromatic nitrogens is 3. The van der Waals surface area contributed by atoms with Crippen molar-refractivity contribution in [2.45, 2.75) is 46.3 Å². The van der Waals surface area contributed by atoms with E-state index in [0.29, 0.717) is 30.6 Å². The van der Waals surface area contributed by atoms with Crippen molar-refractivity contribution in [3.63, 3.8) is 0 Å². The van der Waals surface area contributed by atoms with Gasteiger partial charge in [-0.3, -0.25) is 4.79 Å². The second kappa shape index (κ2) is 7.59. The van der Waals surface area contributed by atoms with Crippen LogP contribution in [0.25, 0.3) is 5.52 Å². The predicted octanol–water partition coefficient (Wildman–Crippen LogP) is 3.52. The topological polar surface area (TPSA) is 80.6 Å². The van der Waals surface area contributed by atoms with Gasteiger partial charge in [0.15, 0.2) is 5.82 Å². The smallest absolute Gasteiger partial charge is 0.251 e. The molecule has 1 aliphatic rings. The molecular formula is C21H25N5O2. The molecule has 28 heavy (non-hydrogen) atoms. The van der Waals surface area contributed by atoms with Gasteiger partial charge in [-0.25, -0.2) is 9.50 Å². The Labute approximate surface area is 164 Å². The maximum atomic E-state index is 12.4. The minimum absolute atomic E-state index is 0.0312. The summed E-state index contributed by atoms with van der Waals surface area (Å²) in [6.07, 6.45) is 5.64. The molecule has 0 saturated heterocycles. The third kappa shape index (κ3) is 3.71. The monoisotopic (exact) mass is 379 g/mol. The lowest BCUT2D eigenvalue weighted by atomic mass is 10.1. The van der Waals surface area contributed by atoms with Gasteiger partial charge in [0, 0.05) is 35.7 Å². The molecule has 0 bridgehead atoms. The fourth-order valence-corrected chi connectivity index (χ4v) is 3.18. The lowest BCUT2D eigenvalue weighted by Crippen LogP contribution is -2.25. The number of nitrogens with one attached hydrogen (secondary N) is 2. The number of rotatable bonds is 7. The third-order valence-corrected chi connectivity index (χ3v) is 5.06. The SMILES string of the molecule is CCOCc1cn2ncnc(Nc3cc(C(=O)NC4CC4)ccc3C)c2c1C. The minimum atomic E-state index is -0.0312. The van der Waals surface area contributed by atoms with Crippen molar-refractivity contribution < 1.29 is 9.53 Å². The van der Waals surface area contributed by atoms with Crippen LogP contribution in [0.15, 0.2) is 30.7 Å². The normalized spacial score (nSPS) is 13.7. The van der Waals surface area contributed by atoms with Crippen LogP contribution in [0.3, 0.4) is 0 Å². The fourth-order valence-electron chi connectivity index (χ4n) is 3.18. The summed E-state index contributed by atoms with van der Waals surface area (Å²) in [5.74, 6) is 0.675. The number of benzene rings is 1. The number of nitrogens with zero attached hydrogens (tertiary/aromatic N) is 3. The number of ether oxygens (including phenoxy) is 1. The molecule has 7 heteroatoms.